The van der Waals surface area contributed by atoms with E-state index in [1.54, 1.807) is 18.2 Å². The van der Waals surface area contributed by atoms with Crippen LogP contribution in [0, 0.1) is 5.92 Å². The molecule has 1 saturated carbocycles. The van der Waals surface area contributed by atoms with E-state index < -0.39 is 5.97 Å². The van der Waals surface area contributed by atoms with Gasteiger partial charge in [-0.3, -0.25) is 9.59 Å². The van der Waals surface area contributed by atoms with Gasteiger partial charge in [0.2, 0.25) is 0 Å². The second-order valence-corrected chi connectivity index (χ2v) is 6.25. The number of Topliss-reactive ketones (excluding diaryl/α,β-unsaturated/α-hetero) is 1. The summed E-state index contributed by atoms with van der Waals surface area (Å²) in [6, 6.07) is 5.23. The minimum Gasteiger partial charge on any atom is -0.424 e. The number of hydrogen-bond donors (Lipinski definition) is 1. The molecular weight excluding hydrogens is 302 g/mol. The van der Waals surface area contributed by atoms with Crippen LogP contribution in [0.2, 0.25) is 5.02 Å². The summed E-state index contributed by atoms with van der Waals surface area (Å²) in [5.74, 6) is -0.0712. The maximum Gasteiger partial charge on any atom is 0.308 e. The van der Waals surface area contributed by atoms with Gasteiger partial charge in [0.25, 0.3) is 0 Å². The van der Waals surface area contributed by atoms with Crippen molar-refractivity contribution in [2.24, 2.45) is 5.92 Å². The molecule has 0 bridgehead atoms. The number of carbonyl (C=O) groups is 2. The molecule has 1 aromatic carbocycles. The highest BCUT2D eigenvalue weighted by atomic mass is 35.5. The van der Waals surface area contributed by atoms with E-state index >= 15 is 0 Å². The van der Waals surface area contributed by atoms with E-state index in [0.29, 0.717) is 27.4 Å². The van der Waals surface area contributed by atoms with Crippen LogP contribution in [0.5, 0.6) is 5.75 Å². The lowest BCUT2D eigenvalue weighted by atomic mass is 9.85. The summed E-state index contributed by atoms with van der Waals surface area (Å²) < 4.78 is 5.32. The van der Waals surface area contributed by atoms with Crippen molar-refractivity contribution in [3.05, 3.63) is 28.9 Å². The number of nitrogens with one attached hydrogen (secondary N) is 1. The smallest absolute Gasteiger partial charge is 0.308 e. The van der Waals surface area contributed by atoms with Gasteiger partial charge in [-0.1, -0.05) is 30.9 Å². The number of fused-ring (bicyclic) bond motifs is 1. The fourth-order valence-corrected chi connectivity index (χ4v) is 3.31. The molecule has 116 valence electrons. The molecule has 1 fully saturated rings. The van der Waals surface area contributed by atoms with Crippen molar-refractivity contribution >= 4 is 34.3 Å². The Morgan fingerprint density at radius 1 is 1.23 bits per heavy atom. The summed E-state index contributed by atoms with van der Waals surface area (Å²) in [5, 5.41) is 1.28. The molecule has 1 heterocycles. The van der Waals surface area contributed by atoms with Crippen LogP contribution < -0.4 is 4.74 Å². The number of aromatic amines is 1. The lowest BCUT2D eigenvalue weighted by Crippen LogP contribution is -2.19. The van der Waals surface area contributed by atoms with Gasteiger partial charge in [0.15, 0.2) is 11.5 Å². The molecule has 1 aliphatic carbocycles. The number of H-pyrrole nitrogens is 1. The monoisotopic (exact) mass is 319 g/mol. The van der Waals surface area contributed by atoms with E-state index in [2.05, 4.69) is 4.98 Å². The van der Waals surface area contributed by atoms with E-state index in [4.69, 9.17) is 16.3 Å². The lowest BCUT2D eigenvalue weighted by molar-refractivity contribution is -0.131. The summed E-state index contributed by atoms with van der Waals surface area (Å²) in [6.45, 7) is 1.34. The minimum atomic E-state index is -0.437. The van der Waals surface area contributed by atoms with Crippen molar-refractivity contribution < 1.29 is 14.3 Å². The highest BCUT2D eigenvalue weighted by Crippen LogP contribution is 2.36. The molecule has 4 nitrogen and oxygen atoms in total. The minimum absolute atomic E-state index is 0.00610. The summed E-state index contributed by atoms with van der Waals surface area (Å²) in [5.41, 5.74) is 1.10. The normalized spacial score (nSPS) is 15.9. The largest absolute Gasteiger partial charge is 0.424 e. The fourth-order valence-electron chi connectivity index (χ4n) is 3.14. The molecule has 22 heavy (non-hydrogen) atoms. The molecular formula is C17H18ClNO3. The van der Waals surface area contributed by atoms with E-state index in [1.807, 2.05) is 0 Å². The van der Waals surface area contributed by atoms with Crippen LogP contribution in [0.25, 0.3) is 10.9 Å². The van der Waals surface area contributed by atoms with Crippen LogP contribution in [-0.2, 0) is 4.79 Å². The number of benzene rings is 1. The Hall–Kier alpha value is -1.81. The zero-order valence-electron chi connectivity index (χ0n) is 12.4. The number of hydrogen-bond acceptors (Lipinski definition) is 3. The number of ketones is 1. The highest BCUT2D eigenvalue weighted by Gasteiger charge is 2.28. The van der Waals surface area contributed by atoms with Gasteiger partial charge in [-0.05, 0) is 31.0 Å². The standard InChI is InChI=1S/C17H18ClNO3/c1-10(20)22-17-13-8-7-12(18)9-14(13)19-15(17)16(21)11-5-3-2-4-6-11/h7-9,11,19H,2-6H2,1H3. The first-order chi connectivity index (χ1) is 10.6. The third-order valence-electron chi connectivity index (χ3n) is 4.18. The molecule has 0 aliphatic heterocycles. The van der Waals surface area contributed by atoms with Crippen molar-refractivity contribution in [2.75, 3.05) is 0 Å². The van der Waals surface area contributed by atoms with Crippen molar-refractivity contribution in [1.29, 1.82) is 0 Å². The molecule has 5 heteroatoms. The molecule has 1 N–H and O–H groups in total. The maximum atomic E-state index is 12.8. The SMILES string of the molecule is CC(=O)Oc1c(C(=O)C2CCCCC2)[nH]c2cc(Cl)ccc12. The van der Waals surface area contributed by atoms with Gasteiger partial charge in [0, 0.05) is 23.3 Å². The van der Waals surface area contributed by atoms with Crippen molar-refractivity contribution in [2.45, 2.75) is 39.0 Å². The first-order valence-corrected chi connectivity index (χ1v) is 7.98. The first kappa shape index (κ1) is 15.1. The average Bonchev–Trinajstić information content (AvgIpc) is 2.84. The van der Waals surface area contributed by atoms with E-state index in [0.717, 1.165) is 25.7 Å². The Morgan fingerprint density at radius 3 is 2.64 bits per heavy atom. The number of ether oxygens (including phenoxy) is 1. The first-order valence-electron chi connectivity index (χ1n) is 7.60. The summed E-state index contributed by atoms with van der Waals surface area (Å²) in [7, 11) is 0. The Labute approximate surface area is 133 Å². The molecule has 3 rings (SSSR count). The van der Waals surface area contributed by atoms with Crippen LogP contribution in [-0.4, -0.2) is 16.7 Å². The molecule has 0 radical (unpaired) electrons. The third kappa shape index (κ3) is 2.88. The van der Waals surface area contributed by atoms with E-state index in [-0.39, 0.29) is 11.7 Å². The zero-order chi connectivity index (χ0) is 15.7. The fraction of sp³-hybridized carbons (Fsp3) is 0.412. The Balaban J connectivity index is 2.06. The van der Waals surface area contributed by atoms with Crippen LogP contribution in [0.4, 0.5) is 0 Å². The molecule has 0 unspecified atom stereocenters. The summed E-state index contributed by atoms with van der Waals surface area (Å²) >= 11 is 6.00. The third-order valence-corrected chi connectivity index (χ3v) is 4.42. The Bertz CT molecular complexity index is 729. The van der Waals surface area contributed by atoms with Gasteiger partial charge in [-0.2, -0.15) is 0 Å². The average molecular weight is 320 g/mol. The predicted octanol–water partition coefficient (Wildman–Crippen LogP) is 4.51. The Morgan fingerprint density at radius 2 is 1.95 bits per heavy atom. The van der Waals surface area contributed by atoms with E-state index in [9.17, 15) is 9.59 Å². The van der Waals surface area contributed by atoms with E-state index in [1.165, 1.54) is 13.3 Å². The van der Waals surface area contributed by atoms with Gasteiger partial charge in [0.05, 0.1) is 5.52 Å². The van der Waals surface area contributed by atoms with Crippen LogP contribution in [0.15, 0.2) is 18.2 Å². The quantitative estimate of drug-likeness (QED) is 0.669. The van der Waals surface area contributed by atoms with Crippen LogP contribution >= 0.6 is 11.6 Å². The molecule has 0 spiro atoms. The van der Waals surface area contributed by atoms with Gasteiger partial charge in [-0.25, -0.2) is 0 Å². The molecule has 2 aromatic rings. The molecule has 0 saturated heterocycles. The number of rotatable bonds is 3. The number of esters is 1. The molecule has 1 aromatic heterocycles. The van der Waals surface area contributed by atoms with Gasteiger partial charge in [-0.15, -0.1) is 0 Å². The predicted molar refractivity (Wildman–Crippen MR) is 85.5 cm³/mol. The summed E-state index contributed by atoms with van der Waals surface area (Å²) in [4.78, 5) is 27.3. The zero-order valence-corrected chi connectivity index (χ0v) is 13.2. The molecule has 0 atom stereocenters. The van der Waals surface area contributed by atoms with Gasteiger partial charge >= 0.3 is 5.97 Å². The summed E-state index contributed by atoms with van der Waals surface area (Å²) in [6.07, 6.45) is 5.13. The number of halogens is 1. The molecule has 0 amide bonds. The maximum absolute atomic E-state index is 12.8. The van der Waals surface area contributed by atoms with Gasteiger partial charge in [0.1, 0.15) is 5.69 Å². The number of aromatic nitrogens is 1. The highest BCUT2D eigenvalue weighted by molar-refractivity contribution is 6.31. The van der Waals surface area contributed by atoms with Crippen molar-refractivity contribution in [3.63, 3.8) is 0 Å². The van der Waals surface area contributed by atoms with Crippen LogP contribution in [0.3, 0.4) is 0 Å². The van der Waals surface area contributed by atoms with Crippen molar-refractivity contribution in [1.82, 2.24) is 4.98 Å². The molecule has 1 aliphatic rings. The van der Waals surface area contributed by atoms with Crippen LogP contribution in [0.1, 0.15) is 49.5 Å². The Kier molecular flexibility index (Phi) is 4.21. The second-order valence-electron chi connectivity index (χ2n) is 5.81. The van der Waals surface area contributed by atoms with Gasteiger partial charge < -0.3 is 9.72 Å². The van der Waals surface area contributed by atoms with Crippen molar-refractivity contribution in [3.8, 4) is 5.75 Å². The second kappa shape index (κ2) is 6.13. The number of carbonyl (C=O) groups excluding carboxylic acids is 2. The topological polar surface area (TPSA) is 59.2 Å². The lowest BCUT2D eigenvalue weighted by Gasteiger charge is -2.20.